The van der Waals surface area contributed by atoms with Crippen molar-refractivity contribution in [3.05, 3.63) is 59.5 Å². The van der Waals surface area contributed by atoms with E-state index in [2.05, 4.69) is 59.8 Å². The molecule has 0 bridgehead atoms. The second-order valence-corrected chi connectivity index (χ2v) is 7.13. The van der Waals surface area contributed by atoms with Gasteiger partial charge in [-0.15, -0.1) is 0 Å². The van der Waals surface area contributed by atoms with Gasteiger partial charge in [-0.2, -0.15) is 0 Å². The van der Waals surface area contributed by atoms with Crippen LogP contribution in [-0.2, 0) is 0 Å². The van der Waals surface area contributed by atoms with Gasteiger partial charge in [0, 0.05) is 12.5 Å². The van der Waals surface area contributed by atoms with Gasteiger partial charge in [0.25, 0.3) is 5.91 Å². The molecule has 0 heterocycles. The van der Waals surface area contributed by atoms with E-state index < -0.39 is 0 Å². The lowest BCUT2D eigenvalue weighted by Crippen LogP contribution is -2.12. The first kappa shape index (κ1) is 15.3. The number of benzene rings is 2. The first-order valence-electron chi connectivity index (χ1n) is 5.19. The van der Waals surface area contributed by atoms with Gasteiger partial charge in [0.05, 0.1) is 16.3 Å². The molecule has 2 rings (SSSR count). The molecule has 0 atom stereocenters. The van der Waals surface area contributed by atoms with Crippen LogP contribution in [-0.4, -0.2) is 5.91 Å². The van der Waals surface area contributed by atoms with E-state index in [0.29, 0.717) is 16.3 Å². The molecular weight excluding hydrogens is 508 g/mol. The molecule has 2 aromatic carbocycles. The Morgan fingerprint density at radius 2 is 1.89 bits per heavy atom. The van der Waals surface area contributed by atoms with Gasteiger partial charge in [-0.1, -0.05) is 27.5 Å². The largest absolute Gasteiger partial charge is 0.321 e. The number of carbonyl (C=O) groups excluding carboxylic acids is 1. The van der Waals surface area contributed by atoms with Crippen molar-refractivity contribution in [3.8, 4) is 0 Å². The zero-order chi connectivity index (χ0) is 14.0. The normalized spacial score (nSPS) is 10.3. The molecule has 0 aromatic heterocycles. The molecule has 19 heavy (non-hydrogen) atoms. The average molecular weight is 515 g/mol. The Morgan fingerprint density at radius 3 is 2.53 bits per heavy atom. The first-order valence-corrected chi connectivity index (χ1v) is 8.23. The van der Waals surface area contributed by atoms with Crippen LogP contribution in [0.2, 0.25) is 5.02 Å². The molecule has 0 saturated carbocycles. The molecule has 2 aromatic rings. The van der Waals surface area contributed by atoms with E-state index in [1.165, 1.54) is 0 Å². The lowest BCUT2D eigenvalue weighted by Gasteiger charge is -2.09. The smallest absolute Gasteiger partial charge is 0.256 e. The number of rotatable bonds is 2. The van der Waals surface area contributed by atoms with Gasteiger partial charge in [0.2, 0.25) is 0 Å². The van der Waals surface area contributed by atoms with Crippen LogP contribution in [0.4, 0.5) is 5.69 Å². The van der Waals surface area contributed by atoms with Crippen molar-refractivity contribution in [3.63, 3.8) is 0 Å². The number of amides is 1. The third-order valence-corrected chi connectivity index (χ3v) is 4.49. The fraction of sp³-hybridized carbons (Fsp3) is 0. The van der Waals surface area contributed by atoms with Crippen LogP contribution in [0.15, 0.2) is 45.3 Å². The van der Waals surface area contributed by atoms with Crippen LogP contribution < -0.4 is 5.32 Å². The monoisotopic (exact) mass is 513 g/mol. The molecular formula is C13H7Br2ClINO. The van der Waals surface area contributed by atoms with E-state index in [-0.39, 0.29) is 5.91 Å². The summed E-state index contributed by atoms with van der Waals surface area (Å²) in [5, 5.41) is 3.32. The molecule has 0 aliphatic heterocycles. The van der Waals surface area contributed by atoms with Crippen molar-refractivity contribution in [1.29, 1.82) is 0 Å². The molecule has 0 saturated heterocycles. The molecule has 1 amide bonds. The highest BCUT2D eigenvalue weighted by Gasteiger charge is 2.12. The fourth-order valence-corrected chi connectivity index (χ4v) is 3.58. The summed E-state index contributed by atoms with van der Waals surface area (Å²) in [7, 11) is 0. The molecule has 0 spiro atoms. The van der Waals surface area contributed by atoms with E-state index in [9.17, 15) is 4.79 Å². The maximum Gasteiger partial charge on any atom is 0.256 e. The number of halogens is 4. The highest BCUT2D eigenvalue weighted by atomic mass is 127. The van der Waals surface area contributed by atoms with E-state index in [1.54, 1.807) is 18.2 Å². The van der Waals surface area contributed by atoms with Gasteiger partial charge in [0.1, 0.15) is 0 Å². The standard InChI is InChI=1S/C13H7Br2ClINO/c14-7-1-3-9(10(15)5-7)13(19)18-12-4-2-8(17)6-11(12)16/h1-6H,(H,18,19). The summed E-state index contributed by atoms with van der Waals surface area (Å²) in [5.74, 6) is -0.206. The Balaban J connectivity index is 2.25. The number of hydrogen-bond acceptors (Lipinski definition) is 1. The lowest BCUT2D eigenvalue weighted by molar-refractivity contribution is 0.102. The fourth-order valence-electron chi connectivity index (χ4n) is 1.45. The molecule has 98 valence electrons. The second-order valence-electron chi connectivity index (χ2n) is 3.70. The summed E-state index contributed by atoms with van der Waals surface area (Å²) in [6, 6.07) is 10.9. The Hall–Kier alpha value is -0.110. The van der Waals surface area contributed by atoms with Crippen molar-refractivity contribution in [2.45, 2.75) is 0 Å². The van der Waals surface area contributed by atoms with Gasteiger partial charge in [-0.25, -0.2) is 0 Å². The Bertz CT molecular complexity index is 649. The molecule has 2 nitrogen and oxygen atoms in total. The minimum absolute atomic E-state index is 0.206. The number of anilines is 1. The maximum absolute atomic E-state index is 12.2. The molecule has 0 radical (unpaired) electrons. The van der Waals surface area contributed by atoms with Crippen LogP contribution in [0.5, 0.6) is 0 Å². The van der Waals surface area contributed by atoms with Crippen molar-refractivity contribution >= 4 is 77.6 Å². The summed E-state index contributed by atoms with van der Waals surface area (Å²) in [5.41, 5.74) is 1.15. The van der Waals surface area contributed by atoms with Crippen molar-refractivity contribution < 1.29 is 4.79 Å². The van der Waals surface area contributed by atoms with Crippen LogP contribution >= 0.6 is 66.1 Å². The third kappa shape index (κ3) is 3.93. The molecule has 0 aliphatic rings. The minimum Gasteiger partial charge on any atom is -0.321 e. The summed E-state index contributed by atoms with van der Waals surface area (Å²) >= 11 is 15.0. The van der Waals surface area contributed by atoms with Gasteiger partial charge in [-0.05, 0) is 74.9 Å². The Morgan fingerprint density at radius 1 is 1.16 bits per heavy atom. The van der Waals surface area contributed by atoms with Gasteiger partial charge in [0.15, 0.2) is 0 Å². The number of hydrogen-bond donors (Lipinski definition) is 1. The molecule has 0 unspecified atom stereocenters. The predicted octanol–water partition coefficient (Wildman–Crippen LogP) is 5.72. The summed E-state index contributed by atoms with van der Waals surface area (Å²) in [4.78, 5) is 12.2. The average Bonchev–Trinajstić information content (AvgIpc) is 2.32. The minimum atomic E-state index is -0.206. The highest BCUT2D eigenvalue weighted by molar-refractivity contribution is 14.1. The number of nitrogens with one attached hydrogen (secondary N) is 1. The third-order valence-electron chi connectivity index (χ3n) is 2.36. The van der Waals surface area contributed by atoms with E-state index in [4.69, 9.17) is 11.6 Å². The zero-order valence-electron chi connectivity index (χ0n) is 9.38. The lowest BCUT2D eigenvalue weighted by atomic mass is 10.2. The van der Waals surface area contributed by atoms with Crippen molar-refractivity contribution in [1.82, 2.24) is 0 Å². The highest BCUT2D eigenvalue weighted by Crippen LogP contribution is 2.26. The van der Waals surface area contributed by atoms with Crippen molar-refractivity contribution in [2.75, 3.05) is 5.32 Å². The quantitative estimate of drug-likeness (QED) is 0.510. The van der Waals surface area contributed by atoms with Crippen LogP contribution in [0, 0.1) is 3.57 Å². The Kier molecular flexibility index (Phi) is 5.28. The Labute approximate surface area is 146 Å². The van der Waals surface area contributed by atoms with Gasteiger partial charge < -0.3 is 5.32 Å². The van der Waals surface area contributed by atoms with E-state index in [0.717, 1.165) is 12.5 Å². The second kappa shape index (κ2) is 6.56. The summed E-state index contributed by atoms with van der Waals surface area (Å²) in [6.07, 6.45) is 0. The molecule has 6 heteroatoms. The van der Waals surface area contributed by atoms with E-state index >= 15 is 0 Å². The molecule has 1 N–H and O–H groups in total. The maximum atomic E-state index is 12.2. The van der Waals surface area contributed by atoms with Gasteiger partial charge in [-0.3, -0.25) is 4.79 Å². The first-order chi connectivity index (χ1) is 8.97. The van der Waals surface area contributed by atoms with Gasteiger partial charge >= 0.3 is 0 Å². The van der Waals surface area contributed by atoms with Crippen LogP contribution in [0.3, 0.4) is 0 Å². The van der Waals surface area contributed by atoms with Crippen LogP contribution in [0.1, 0.15) is 10.4 Å². The van der Waals surface area contributed by atoms with Crippen molar-refractivity contribution in [2.24, 2.45) is 0 Å². The predicted molar refractivity (Wildman–Crippen MR) is 94.0 cm³/mol. The number of carbonyl (C=O) groups is 1. The van der Waals surface area contributed by atoms with E-state index in [1.807, 2.05) is 18.2 Å². The molecule has 0 aliphatic carbocycles. The zero-order valence-corrected chi connectivity index (χ0v) is 15.5. The SMILES string of the molecule is O=C(Nc1ccc(I)cc1Cl)c1ccc(Br)cc1Br. The summed E-state index contributed by atoms with van der Waals surface area (Å²) in [6.45, 7) is 0. The molecule has 0 fully saturated rings. The topological polar surface area (TPSA) is 29.1 Å². The summed E-state index contributed by atoms with van der Waals surface area (Å²) < 4.78 is 2.65. The van der Waals surface area contributed by atoms with Crippen LogP contribution in [0.25, 0.3) is 0 Å².